The highest BCUT2D eigenvalue weighted by atomic mass is 16.7. The van der Waals surface area contributed by atoms with Crippen molar-refractivity contribution < 1.29 is 18.8 Å². The van der Waals surface area contributed by atoms with E-state index in [4.69, 9.17) is 19.8 Å². The second-order valence-electron chi connectivity index (χ2n) is 12.4. The van der Waals surface area contributed by atoms with Crippen LogP contribution in [0.25, 0.3) is 0 Å². The summed E-state index contributed by atoms with van der Waals surface area (Å²) in [5, 5.41) is 0. The van der Waals surface area contributed by atoms with E-state index in [0.717, 1.165) is 57.6 Å². The first-order valence-corrected chi connectivity index (χ1v) is 13.1. The van der Waals surface area contributed by atoms with Gasteiger partial charge in [-0.3, -0.25) is 4.79 Å². The number of hydrogen-bond acceptors (Lipinski definition) is 6. The Bertz CT molecular complexity index is 729. The monoisotopic (exact) mass is 446 g/mol. The third-order valence-electron chi connectivity index (χ3n) is 10.3. The van der Waals surface area contributed by atoms with E-state index < -0.39 is 5.54 Å². The molecular formula is C25H43BN2O4. The third-order valence-corrected chi connectivity index (χ3v) is 10.3. The maximum absolute atomic E-state index is 12.8. The maximum atomic E-state index is 12.8. The molecule has 0 aromatic heterocycles. The van der Waals surface area contributed by atoms with Crippen LogP contribution >= 0.6 is 0 Å². The number of esters is 1. The van der Waals surface area contributed by atoms with Gasteiger partial charge < -0.3 is 24.7 Å². The molecule has 2 saturated heterocycles. The smallest absolute Gasteiger partial charge is 0.457 e. The van der Waals surface area contributed by atoms with E-state index in [0.29, 0.717) is 23.7 Å². The predicted molar refractivity (Wildman–Crippen MR) is 125 cm³/mol. The maximum Gasteiger partial charge on any atom is 0.457 e. The van der Waals surface area contributed by atoms with Crippen molar-refractivity contribution in [3.63, 3.8) is 0 Å². The summed E-state index contributed by atoms with van der Waals surface area (Å²) in [6, 6.07) is 0. The summed E-state index contributed by atoms with van der Waals surface area (Å²) < 4.78 is 18.2. The largest absolute Gasteiger partial charge is 0.468 e. The van der Waals surface area contributed by atoms with Gasteiger partial charge in [0.15, 0.2) is 0 Å². The summed E-state index contributed by atoms with van der Waals surface area (Å²) in [7, 11) is 1.36. The van der Waals surface area contributed by atoms with Gasteiger partial charge in [-0.2, -0.15) is 0 Å². The first-order chi connectivity index (χ1) is 15.2. The fraction of sp³-hybridized carbons (Fsp3) is 0.960. The van der Waals surface area contributed by atoms with Gasteiger partial charge in [0, 0.05) is 12.5 Å². The Morgan fingerprint density at radius 1 is 1.19 bits per heavy atom. The lowest BCUT2D eigenvalue weighted by Gasteiger charge is -2.64. The Kier molecular flexibility index (Phi) is 5.96. The summed E-state index contributed by atoms with van der Waals surface area (Å²) in [6.07, 6.45) is 9.89. The van der Waals surface area contributed by atoms with Gasteiger partial charge in [0.2, 0.25) is 0 Å². The molecule has 4 aliphatic carbocycles. The molecule has 32 heavy (non-hydrogen) atoms. The number of carbonyl (C=O) groups excluding carboxylic acids is 1. The number of methoxy groups -OCH3 is 1. The van der Waals surface area contributed by atoms with Crippen molar-refractivity contribution in [1.29, 1.82) is 0 Å². The number of ether oxygens (including phenoxy) is 1. The number of hydrogen-bond donors (Lipinski definition) is 1. The average molecular weight is 446 g/mol. The minimum absolute atomic E-state index is 0.118. The Labute approximate surface area is 194 Å². The first kappa shape index (κ1) is 23.1. The molecule has 0 aromatic rings. The second kappa shape index (κ2) is 8.25. The first-order valence-electron chi connectivity index (χ1n) is 13.1. The van der Waals surface area contributed by atoms with Gasteiger partial charge in [-0.05, 0) is 94.4 Å². The molecule has 0 radical (unpaired) electrons. The molecule has 6 nitrogen and oxygen atoms in total. The third kappa shape index (κ3) is 3.66. The van der Waals surface area contributed by atoms with Gasteiger partial charge in [0.05, 0.1) is 18.8 Å². The highest BCUT2D eigenvalue weighted by Crippen LogP contribution is 2.65. The van der Waals surface area contributed by atoms with Crippen molar-refractivity contribution in [3.8, 4) is 0 Å². The summed E-state index contributed by atoms with van der Waals surface area (Å²) in [4.78, 5) is 15.3. The van der Waals surface area contributed by atoms with Gasteiger partial charge in [-0.1, -0.05) is 20.3 Å². The van der Waals surface area contributed by atoms with Crippen LogP contribution in [0.1, 0.15) is 72.1 Å². The van der Waals surface area contributed by atoms with Crippen LogP contribution in [0, 0.1) is 29.1 Å². The topological polar surface area (TPSA) is 74.0 Å². The van der Waals surface area contributed by atoms with E-state index in [9.17, 15) is 4.79 Å². The quantitative estimate of drug-likeness (QED) is 0.498. The normalized spacial score (nSPS) is 45.4. The van der Waals surface area contributed by atoms with Crippen LogP contribution < -0.4 is 5.73 Å². The molecule has 4 saturated carbocycles. The van der Waals surface area contributed by atoms with E-state index in [-0.39, 0.29) is 30.7 Å². The zero-order valence-electron chi connectivity index (χ0n) is 20.6. The zero-order valence-corrected chi connectivity index (χ0v) is 20.6. The van der Waals surface area contributed by atoms with Crippen molar-refractivity contribution in [1.82, 2.24) is 4.90 Å². The summed E-state index contributed by atoms with van der Waals surface area (Å²) in [5.74, 6) is 1.73. The van der Waals surface area contributed by atoms with Crippen LogP contribution in [0.3, 0.4) is 0 Å². The molecule has 180 valence electrons. The summed E-state index contributed by atoms with van der Waals surface area (Å²) >= 11 is 0. The summed E-state index contributed by atoms with van der Waals surface area (Å²) in [6.45, 7) is 10.3. The number of nitrogens with zero attached hydrogens (tertiary/aromatic N) is 1. The van der Waals surface area contributed by atoms with Gasteiger partial charge in [-0.25, -0.2) is 0 Å². The number of nitrogens with two attached hydrogens (primary N) is 1. The van der Waals surface area contributed by atoms with Crippen LogP contribution in [0.5, 0.6) is 0 Å². The minimum Gasteiger partial charge on any atom is -0.468 e. The van der Waals surface area contributed by atoms with Crippen LogP contribution in [0.15, 0.2) is 0 Å². The lowest BCUT2D eigenvalue weighted by Crippen LogP contribution is -2.65. The Hall–Kier alpha value is -0.625. The second-order valence-corrected chi connectivity index (χ2v) is 12.4. The summed E-state index contributed by atoms with van der Waals surface area (Å²) in [5.41, 5.74) is 6.18. The molecule has 0 amide bonds. The zero-order chi connectivity index (χ0) is 22.7. The molecule has 2 N–H and O–H groups in total. The van der Waals surface area contributed by atoms with Crippen LogP contribution in [-0.2, 0) is 18.8 Å². The highest BCUT2D eigenvalue weighted by Gasteiger charge is 2.67. The van der Waals surface area contributed by atoms with E-state index >= 15 is 0 Å². The number of rotatable bonds is 6. The van der Waals surface area contributed by atoms with E-state index in [2.05, 4.69) is 25.7 Å². The van der Waals surface area contributed by atoms with E-state index in [1.807, 2.05) is 0 Å². The van der Waals surface area contributed by atoms with Crippen molar-refractivity contribution in [2.45, 2.75) is 95.7 Å². The standard InChI is InChI=1S/C25H43BN2O4/c1-23(2)19-13-20(23)24(3)21(14-19)31-26(32-24)10-9-17-7-8-18(16-28-11-5-6-12-28)25(27,15-17)22(29)30-4/h17-21H,5-16,27H2,1-4H3/t17-,18-,19+,20+,21-,24+,25+/m0/s1. The molecule has 0 unspecified atom stereocenters. The van der Waals surface area contributed by atoms with Gasteiger partial charge in [-0.15, -0.1) is 0 Å². The van der Waals surface area contributed by atoms with Crippen LogP contribution in [-0.4, -0.2) is 62.0 Å². The van der Waals surface area contributed by atoms with Crippen molar-refractivity contribution in [3.05, 3.63) is 0 Å². The van der Waals surface area contributed by atoms with Gasteiger partial charge >= 0.3 is 13.1 Å². The Morgan fingerprint density at radius 2 is 1.94 bits per heavy atom. The number of carbonyl (C=O) groups is 1. The fourth-order valence-corrected chi connectivity index (χ4v) is 8.11. The van der Waals surface area contributed by atoms with Gasteiger partial charge in [0.25, 0.3) is 0 Å². The van der Waals surface area contributed by atoms with Crippen molar-refractivity contribution in [2.75, 3.05) is 26.7 Å². The highest BCUT2D eigenvalue weighted by molar-refractivity contribution is 6.45. The SMILES string of the molecule is COC(=O)[C@@]1(N)C[C@H](CCB2O[C@H]3C[C@H]4C[C@H](C4(C)C)[C@@]3(C)O2)CC[C@H]1CN1CCCC1. The lowest BCUT2D eigenvalue weighted by atomic mass is 9.43. The van der Waals surface area contributed by atoms with Crippen molar-refractivity contribution in [2.24, 2.45) is 34.8 Å². The lowest BCUT2D eigenvalue weighted by molar-refractivity contribution is -0.199. The van der Waals surface area contributed by atoms with Crippen LogP contribution in [0.2, 0.25) is 6.32 Å². The van der Waals surface area contributed by atoms with Crippen LogP contribution in [0.4, 0.5) is 0 Å². The Balaban J connectivity index is 1.18. The molecule has 0 spiro atoms. The molecule has 6 fully saturated rings. The molecular weight excluding hydrogens is 403 g/mol. The molecule has 6 rings (SSSR count). The Morgan fingerprint density at radius 3 is 2.62 bits per heavy atom. The number of likely N-dealkylation sites (tertiary alicyclic amines) is 1. The molecule has 2 aliphatic heterocycles. The van der Waals surface area contributed by atoms with Crippen molar-refractivity contribution >= 4 is 13.1 Å². The predicted octanol–water partition coefficient (Wildman–Crippen LogP) is 3.49. The van der Waals surface area contributed by atoms with E-state index in [1.54, 1.807) is 0 Å². The van der Waals surface area contributed by atoms with Gasteiger partial charge in [0.1, 0.15) is 5.54 Å². The molecule has 2 bridgehead atoms. The molecule has 0 aromatic carbocycles. The molecule has 6 aliphatic rings. The fourth-order valence-electron chi connectivity index (χ4n) is 8.11. The molecule has 2 heterocycles. The molecule has 7 atom stereocenters. The van der Waals surface area contributed by atoms with E-state index in [1.165, 1.54) is 26.4 Å². The minimum atomic E-state index is -0.872. The molecule has 7 heteroatoms. The average Bonchev–Trinajstić information content (AvgIpc) is 3.39.